The second-order valence-corrected chi connectivity index (χ2v) is 10.1. The number of sulfonamides is 1. The molecule has 0 saturated heterocycles. The molecule has 1 heterocycles. The highest BCUT2D eigenvalue weighted by molar-refractivity contribution is 7.99. The van der Waals surface area contributed by atoms with Crippen LogP contribution in [0.25, 0.3) is 10.8 Å². The minimum atomic E-state index is -3.73. The van der Waals surface area contributed by atoms with Gasteiger partial charge in [-0.25, -0.2) is 18.2 Å². The average molecular weight is 438 g/mol. The summed E-state index contributed by atoms with van der Waals surface area (Å²) < 4.78 is 29.3. The number of nitrogens with zero attached hydrogens (tertiary/aromatic N) is 2. The number of hydrogen-bond donors (Lipinski definition) is 3. The van der Waals surface area contributed by atoms with Crippen LogP contribution in [0.15, 0.2) is 70.7 Å². The van der Waals surface area contributed by atoms with E-state index in [1.807, 2.05) is 43.3 Å². The van der Waals surface area contributed by atoms with Gasteiger partial charge < -0.3 is 5.73 Å². The number of nitrogen functional groups attached to an aromatic ring is 1. The Kier molecular flexibility index (Phi) is 4.53. The first-order valence-electron chi connectivity index (χ1n) is 9.37. The molecule has 0 saturated carbocycles. The predicted octanol–water partition coefficient (Wildman–Crippen LogP) is 3.72. The summed E-state index contributed by atoms with van der Waals surface area (Å²) in [4.78, 5) is 4.43. The van der Waals surface area contributed by atoms with E-state index in [1.54, 1.807) is 24.3 Å². The Morgan fingerprint density at radius 1 is 1.03 bits per heavy atom. The summed E-state index contributed by atoms with van der Waals surface area (Å²) >= 11 is 1.39. The zero-order valence-corrected chi connectivity index (χ0v) is 17.7. The Bertz CT molecular complexity index is 1340. The van der Waals surface area contributed by atoms with Crippen LogP contribution < -0.4 is 10.5 Å². The lowest BCUT2D eigenvalue weighted by Gasteiger charge is -2.21. The van der Waals surface area contributed by atoms with Gasteiger partial charge in [-0.3, -0.25) is 0 Å². The monoisotopic (exact) mass is 437 g/mol. The van der Waals surface area contributed by atoms with E-state index in [9.17, 15) is 8.42 Å². The molecule has 1 aliphatic carbocycles. The van der Waals surface area contributed by atoms with Crippen LogP contribution in [0, 0.1) is 6.92 Å². The fraction of sp³-hybridized carbons (Fsp3) is 0.143. The maximum absolute atomic E-state index is 13.2. The van der Waals surface area contributed by atoms with Crippen LogP contribution in [0.1, 0.15) is 28.0 Å². The van der Waals surface area contributed by atoms with Gasteiger partial charge in [0.25, 0.3) is 0 Å². The summed E-state index contributed by atoms with van der Waals surface area (Å²) in [6.07, 6.45) is 0. The number of anilines is 1. The molecule has 1 aromatic heterocycles. The third-order valence-corrected chi connectivity index (χ3v) is 7.87. The lowest BCUT2D eigenvalue weighted by Crippen LogP contribution is -2.30. The Morgan fingerprint density at radius 3 is 2.40 bits per heavy atom. The molecule has 3 aromatic carbocycles. The second kappa shape index (κ2) is 7.12. The maximum Gasteiger partial charge on any atom is 0.241 e. The molecule has 0 aliphatic heterocycles. The molecule has 0 unspecified atom stereocenters. The number of H-pyrrole nitrogens is 1. The van der Waals surface area contributed by atoms with Crippen LogP contribution in [-0.2, 0) is 10.0 Å². The molecule has 5 rings (SSSR count). The van der Waals surface area contributed by atoms with E-state index in [4.69, 9.17) is 5.73 Å². The zero-order valence-electron chi connectivity index (χ0n) is 16.0. The smallest absolute Gasteiger partial charge is 0.241 e. The molecule has 9 heteroatoms. The summed E-state index contributed by atoms with van der Waals surface area (Å²) in [5.41, 5.74) is 8.68. The van der Waals surface area contributed by atoms with E-state index < -0.39 is 16.1 Å². The van der Waals surface area contributed by atoms with Crippen molar-refractivity contribution in [1.29, 1.82) is 0 Å². The summed E-state index contributed by atoms with van der Waals surface area (Å²) in [5.74, 6) is 0.225. The van der Waals surface area contributed by atoms with Crippen LogP contribution in [0.5, 0.6) is 0 Å². The summed E-state index contributed by atoms with van der Waals surface area (Å²) in [6.45, 7) is 1.92. The fourth-order valence-electron chi connectivity index (χ4n) is 3.87. The van der Waals surface area contributed by atoms with Gasteiger partial charge in [0, 0.05) is 0 Å². The van der Waals surface area contributed by atoms with Crippen molar-refractivity contribution in [2.24, 2.45) is 0 Å². The van der Waals surface area contributed by atoms with Gasteiger partial charge in [-0.1, -0.05) is 65.9 Å². The van der Waals surface area contributed by atoms with Crippen molar-refractivity contribution in [3.05, 3.63) is 77.4 Å². The Morgan fingerprint density at radius 2 is 1.73 bits per heavy atom. The summed E-state index contributed by atoms with van der Waals surface area (Å²) in [5, 5.41) is 9.15. The first-order chi connectivity index (χ1) is 14.4. The normalized spacial score (nSPS) is 18.2. The number of aromatic nitrogens is 3. The van der Waals surface area contributed by atoms with Crippen molar-refractivity contribution in [2.45, 2.75) is 28.3 Å². The zero-order chi connectivity index (χ0) is 20.9. The van der Waals surface area contributed by atoms with Crippen LogP contribution in [0.4, 0.5) is 5.95 Å². The van der Waals surface area contributed by atoms with E-state index in [0.717, 1.165) is 27.5 Å². The molecule has 4 N–H and O–H groups in total. The second-order valence-electron chi connectivity index (χ2n) is 7.25. The number of aromatic amines is 1. The van der Waals surface area contributed by atoms with Crippen LogP contribution in [-0.4, -0.2) is 23.6 Å². The highest BCUT2D eigenvalue weighted by Gasteiger charge is 2.38. The number of aryl methyl sites for hydroxylation is 1. The van der Waals surface area contributed by atoms with Crippen molar-refractivity contribution < 1.29 is 8.42 Å². The number of thioether (sulfide) groups is 1. The van der Waals surface area contributed by atoms with Gasteiger partial charge >= 0.3 is 0 Å². The van der Waals surface area contributed by atoms with Gasteiger partial charge in [0.1, 0.15) is 0 Å². The Hall–Kier alpha value is -2.88. The number of benzene rings is 3. The SMILES string of the molecule is Cc1ccc(S(=O)(=O)N[C@@H]2c3cccc4cccc(c34)[C@H]2Sc2n[nH]c(N)n2)cc1. The molecule has 0 fully saturated rings. The maximum atomic E-state index is 13.2. The lowest BCUT2D eigenvalue weighted by atomic mass is 10.1. The molecule has 152 valence electrons. The molecule has 0 radical (unpaired) electrons. The Balaban J connectivity index is 1.59. The molecule has 0 bridgehead atoms. The van der Waals surface area contributed by atoms with Crippen molar-refractivity contribution in [3.63, 3.8) is 0 Å². The fourth-order valence-corrected chi connectivity index (χ4v) is 6.34. The van der Waals surface area contributed by atoms with Crippen molar-refractivity contribution >= 4 is 38.5 Å². The quantitative estimate of drug-likeness (QED) is 0.439. The van der Waals surface area contributed by atoms with Gasteiger partial charge in [0.15, 0.2) is 0 Å². The predicted molar refractivity (Wildman–Crippen MR) is 118 cm³/mol. The molecule has 0 spiro atoms. The minimum absolute atomic E-state index is 0.225. The van der Waals surface area contributed by atoms with Gasteiger partial charge in [0.05, 0.1) is 16.2 Å². The third kappa shape index (κ3) is 3.24. The van der Waals surface area contributed by atoms with Gasteiger partial charge in [-0.05, 0) is 41.0 Å². The average Bonchev–Trinajstić information content (AvgIpc) is 3.26. The van der Waals surface area contributed by atoms with Gasteiger partial charge in [0.2, 0.25) is 21.1 Å². The molecule has 7 nitrogen and oxygen atoms in total. The third-order valence-electron chi connectivity index (χ3n) is 5.24. The van der Waals surface area contributed by atoms with Crippen LogP contribution in [0.3, 0.4) is 0 Å². The van der Waals surface area contributed by atoms with E-state index in [0.29, 0.717) is 5.16 Å². The van der Waals surface area contributed by atoms with Crippen LogP contribution >= 0.6 is 11.8 Å². The van der Waals surface area contributed by atoms with Gasteiger partial charge in [-0.15, -0.1) is 5.10 Å². The molecule has 4 aromatic rings. The Labute approximate surface area is 178 Å². The first-order valence-corrected chi connectivity index (χ1v) is 11.7. The summed E-state index contributed by atoms with van der Waals surface area (Å²) in [7, 11) is -3.73. The lowest BCUT2D eigenvalue weighted by molar-refractivity contribution is 0.557. The first kappa shape index (κ1) is 19.1. The molecule has 0 amide bonds. The van der Waals surface area contributed by atoms with Crippen molar-refractivity contribution in [3.8, 4) is 0 Å². The van der Waals surface area contributed by atoms with Gasteiger partial charge in [-0.2, -0.15) is 4.98 Å². The molecular formula is C21H19N5O2S2. The topological polar surface area (TPSA) is 114 Å². The molecule has 30 heavy (non-hydrogen) atoms. The van der Waals surface area contributed by atoms with E-state index in [2.05, 4.69) is 19.9 Å². The number of hydrogen-bond acceptors (Lipinski definition) is 6. The largest absolute Gasteiger partial charge is 0.368 e. The van der Waals surface area contributed by atoms with E-state index >= 15 is 0 Å². The molecule has 1 aliphatic rings. The molecular weight excluding hydrogens is 418 g/mol. The van der Waals surface area contributed by atoms with E-state index in [-0.39, 0.29) is 16.1 Å². The van der Waals surface area contributed by atoms with Crippen molar-refractivity contribution in [1.82, 2.24) is 19.9 Å². The van der Waals surface area contributed by atoms with E-state index in [1.165, 1.54) is 11.8 Å². The standard InChI is InChI=1S/C21H19N5O2S2/c1-12-8-10-14(11-9-12)30(27,28)26-18-15-6-2-4-13-5-3-7-16(17(13)15)19(18)29-21-23-20(22)24-25-21/h2-11,18-19,26H,1H3,(H3,22,23,24,25)/t18-,19-/m1/s1. The number of nitrogens with two attached hydrogens (primary N) is 1. The van der Waals surface area contributed by atoms with Crippen molar-refractivity contribution in [2.75, 3.05) is 5.73 Å². The number of rotatable bonds is 5. The number of nitrogens with one attached hydrogen (secondary N) is 2. The summed E-state index contributed by atoms with van der Waals surface area (Å²) in [6, 6.07) is 18.4. The highest BCUT2D eigenvalue weighted by Crippen LogP contribution is 2.52. The highest BCUT2D eigenvalue weighted by atomic mass is 32.2. The van der Waals surface area contributed by atoms with Crippen LogP contribution in [0.2, 0.25) is 0 Å². The molecule has 2 atom stereocenters. The minimum Gasteiger partial charge on any atom is -0.368 e.